The number of carbonyl (C=O) groups excluding carboxylic acids is 2. The van der Waals surface area contributed by atoms with E-state index in [1.54, 1.807) is 0 Å². The molecule has 12 heteroatoms. The van der Waals surface area contributed by atoms with Crippen molar-refractivity contribution in [3.05, 3.63) is 72.8 Å². The van der Waals surface area contributed by atoms with E-state index >= 15 is 0 Å². The van der Waals surface area contributed by atoms with Crippen LogP contribution in [-0.4, -0.2) is 28.4 Å². The molecule has 0 aliphatic heterocycles. The van der Waals surface area contributed by atoms with Gasteiger partial charge in [-0.1, -0.05) is 17.4 Å². The fraction of sp³-hybridized carbons (Fsp3) is 0.100. The Hall–Kier alpha value is -3.51. The first kappa shape index (κ1) is 21.7. The van der Waals surface area contributed by atoms with Crippen LogP contribution in [0, 0.1) is 3.95 Å². The summed E-state index contributed by atoms with van der Waals surface area (Å²) in [6, 6.07) is 8.44. The molecule has 0 atom stereocenters. The first-order chi connectivity index (χ1) is 15.1. The van der Waals surface area contributed by atoms with Crippen molar-refractivity contribution in [3.63, 3.8) is 0 Å². The fourth-order valence-corrected chi connectivity index (χ4v) is 4.43. The Labute approximate surface area is 186 Å². The molecule has 2 heterocycles. The Balaban J connectivity index is 1.84. The molecule has 0 saturated heterocycles. The van der Waals surface area contributed by atoms with E-state index in [1.807, 2.05) is 0 Å². The van der Waals surface area contributed by atoms with E-state index < -0.39 is 29.2 Å². The summed E-state index contributed by atoms with van der Waals surface area (Å²) in [5.41, 5.74) is -1.000. The average Bonchev–Trinajstić information content (AvgIpc) is 3.09. The van der Waals surface area contributed by atoms with E-state index in [1.165, 1.54) is 41.8 Å². The van der Waals surface area contributed by atoms with Gasteiger partial charge in [-0.3, -0.25) is 14.0 Å². The van der Waals surface area contributed by atoms with Crippen LogP contribution in [0.15, 0.2) is 47.3 Å². The normalized spacial score (nSPS) is 11.6. The first-order valence-corrected chi connectivity index (χ1v) is 10.1. The lowest BCUT2D eigenvalue weighted by Gasteiger charge is -2.09. The minimum atomic E-state index is -4.57. The number of aromatic amines is 1. The number of nitrogens with one attached hydrogen (secondary N) is 2. The Morgan fingerprint density at radius 3 is 2.62 bits per heavy atom. The van der Waals surface area contributed by atoms with E-state index in [2.05, 4.69) is 10.3 Å². The molecule has 164 valence electrons. The number of nitrogens with zero attached hydrogens (tertiary/aromatic N) is 1. The first-order valence-electron chi connectivity index (χ1n) is 8.88. The number of alkyl halides is 3. The molecular formula is C20H12F3N3O4S2. The van der Waals surface area contributed by atoms with Crippen molar-refractivity contribution in [1.29, 1.82) is 0 Å². The summed E-state index contributed by atoms with van der Waals surface area (Å²) < 4.78 is 45.2. The number of thiazole rings is 1. The molecule has 7 nitrogen and oxygen atoms in total. The van der Waals surface area contributed by atoms with Gasteiger partial charge < -0.3 is 15.0 Å². The summed E-state index contributed by atoms with van der Waals surface area (Å²) in [6.07, 6.45) is -4.57. The van der Waals surface area contributed by atoms with E-state index in [-0.39, 0.29) is 36.6 Å². The van der Waals surface area contributed by atoms with Gasteiger partial charge in [-0.15, -0.1) is 0 Å². The maximum Gasteiger partial charge on any atom is 0.416 e. The van der Waals surface area contributed by atoms with Crippen LogP contribution in [0.4, 0.5) is 18.9 Å². The van der Waals surface area contributed by atoms with E-state index in [0.717, 1.165) is 23.5 Å². The molecule has 4 aromatic rings. The molecule has 0 unspecified atom stereocenters. The average molecular weight is 479 g/mol. The maximum absolute atomic E-state index is 12.9. The molecule has 0 spiro atoms. The SMILES string of the molecule is COC(=O)c1ccc2c(=O)[nH]c3c(C(=O)Nc4cccc(C(F)(F)F)c4)sc(=S)n3c2c1. The van der Waals surface area contributed by atoms with Gasteiger partial charge in [-0.2, -0.15) is 13.2 Å². The van der Waals surface area contributed by atoms with E-state index in [0.29, 0.717) is 0 Å². The lowest BCUT2D eigenvalue weighted by molar-refractivity contribution is -0.137. The molecule has 1 amide bonds. The van der Waals surface area contributed by atoms with Gasteiger partial charge in [0.2, 0.25) is 0 Å². The monoisotopic (exact) mass is 479 g/mol. The molecule has 0 fully saturated rings. The van der Waals surface area contributed by atoms with Gasteiger partial charge in [-0.25, -0.2) is 4.79 Å². The predicted octanol–water partition coefficient (Wildman–Crippen LogP) is 4.63. The van der Waals surface area contributed by atoms with Crippen LogP contribution in [0.1, 0.15) is 25.6 Å². The number of halogens is 3. The number of rotatable bonds is 3. The number of ether oxygens (including phenoxy) is 1. The fourth-order valence-electron chi connectivity index (χ4n) is 3.15. The molecule has 0 saturated carbocycles. The summed E-state index contributed by atoms with van der Waals surface area (Å²) in [7, 11) is 1.21. The lowest BCUT2D eigenvalue weighted by atomic mass is 10.1. The predicted molar refractivity (Wildman–Crippen MR) is 115 cm³/mol. The summed E-state index contributed by atoms with van der Waals surface area (Å²) in [4.78, 5) is 39.9. The number of H-pyrrole nitrogens is 1. The largest absolute Gasteiger partial charge is 0.465 e. The van der Waals surface area contributed by atoms with Crippen molar-refractivity contribution in [1.82, 2.24) is 9.38 Å². The van der Waals surface area contributed by atoms with Crippen LogP contribution in [0.25, 0.3) is 16.6 Å². The summed E-state index contributed by atoms with van der Waals surface area (Å²) in [5.74, 6) is -1.37. The van der Waals surface area contributed by atoms with Gasteiger partial charge in [-0.05, 0) is 48.6 Å². The quantitative estimate of drug-likeness (QED) is 0.330. The molecule has 0 radical (unpaired) electrons. The Morgan fingerprint density at radius 2 is 1.94 bits per heavy atom. The van der Waals surface area contributed by atoms with Gasteiger partial charge in [0.25, 0.3) is 11.5 Å². The van der Waals surface area contributed by atoms with Gasteiger partial charge in [0.1, 0.15) is 10.5 Å². The molecular weight excluding hydrogens is 467 g/mol. The van der Waals surface area contributed by atoms with E-state index in [9.17, 15) is 27.6 Å². The van der Waals surface area contributed by atoms with Crippen molar-refractivity contribution >= 4 is 57.7 Å². The highest BCUT2D eigenvalue weighted by atomic mass is 32.1. The zero-order chi connectivity index (χ0) is 23.2. The molecule has 32 heavy (non-hydrogen) atoms. The second kappa shape index (κ2) is 7.88. The van der Waals surface area contributed by atoms with Crippen molar-refractivity contribution in [2.24, 2.45) is 0 Å². The van der Waals surface area contributed by atoms with Gasteiger partial charge >= 0.3 is 12.1 Å². The molecule has 0 aliphatic rings. The van der Waals surface area contributed by atoms with Gasteiger partial charge in [0.15, 0.2) is 3.95 Å². The molecule has 2 aromatic carbocycles. The number of amides is 1. The number of aromatic nitrogens is 2. The van der Waals surface area contributed by atoms with Crippen molar-refractivity contribution < 1.29 is 27.5 Å². The highest BCUT2D eigenvalue weighted by Crippen LogP contribution is 2.31. The third kappa shape index (κ3) is 3.78. The smallest absolute Gasteiger partial charge is 0.416 e. The minimum absolute atomic E-state index is 0.00474. The summed E-state index contributed by atoms with van der Waals surface area (Å²) in [6.45, 7) is 0. The summed E-state index contributed by atoms with van der Waals surface area (Å²) >= 11 is 6.22. The van der Waals surface area contributed by atoms with Crippen molar-refractivity contribution in [2.45, 2.75) is 6.18 Å². The van der Waals surface area contributed by atoms with Crippen LogP contribution < -0.4 is 10.9 Å². The molecule has 0 aliphatic carbocycles. The molecule has 2 aromatic heterocycles. The highest BCUT2D eigenvalue weighted by molar-refractivity contribution is 7.73. The Morgan fingerprint density at radius 1 is 1.19 bits per heavy atom. The second-order valence-electron chi connectivity index (χ2n) is 6.59. The maximum atomic E-state index is 12.9. The van der Waals surface area contributed by atoms with Crippen LogP contribution in [0.5, 0.6) is 0 Å². The molecule has 0 bridgehead atoms. The Bertz CT molecular complexity index is 1520. The number of fused-ring (bicyclic) bond motifs is 3. The van der Waals surface area contributed by atoms with Crippen LogP contribution in [0.3, 0.4) is 0 Å². The number of hydrogen-bond donors (Lipinski definition) is 2. The topological polar surface area (TPSA) is 92.7 Å². The standard InChI is InChI=1S/C20H12F3N3O4S2/c1-30-18(29)9-5-6-12-13(7-9)26-15(25-16(12)27)14(32-19(26)31)17(28)24-11-4-2-3-10(8-11)20(21,22)23/h2-8H,1H3,(H,24,28)(H,25,27). The number of carbonyl (C=O) groups is 2. The third-order valence-electron chi connectivity index (χ3n) is 4.60. The molecule has 2 N–H and O–H groups in total. The van der Waals surface area contributed by atoms with Crippen molar-refractivity contribution in [3.8, 4) is 0 Å². The number of hydrogen-bond acceptors (Lipinski definition) is 6. The third-order valence-corrected chi connectivity index (χ3v) is 5.97. The Kier molecular flexibility index (Phi) is 5.34. The van der Waals surface area contributed by atoms with Crippen LogP contribution >= 0.6 is 23.6 Å². The van der Waals surface area contributed by atoms with Crippen LogP contribution in [0.2, 0.25) is 0 Å². The highest BCUT2D eigenvalue weighted by Gasteiger charge is 2.30. The number of methoxy groups -OCH3 is 1. The van der Waals surface area contributed by atoms with Crippen molar-refractivity contribution in [2.75, 3.05) is 12.4 Å². The van der Waals surface area contributed by atoms with Crippen LogP contribution in [-0.2, 0) is 10.9 Å². The number of anilines is 1. The lowest BCUT2D eigenvalue weighted by Crippen LogP contribution is -2.16. The zero-order valence-corrected chi connectivity index (χ0v) is 17.7. The number of esters is 1. The van der Waals surface area contributed by atoms with E-state index in [4.69, 9.17) is 17.0 Å². The second-order valence-corrected chi connectivity index (χ2v) is 8.24. The zero-order valence-electron chi connectivity index (χ0n) is 16.1. The molecule has 4 rings (SSSR count). The van der Waals surface area contributed by atoms with Gasteiger partial charge in [0.05, 0.1) is 29.1 Å². The summed E-state index contributed by atoms with van der Waals surface area (Å²) in [5, 5.41) is 2.62. The minimum Gasteiger partial charge on any atom is -0.465 e. The number of benzene rings is 2. The van der Waals surface area contributed by atoms with Gasteiger partial charge in [0, 0.05) is 5.69 Å².